The first-order chi connectivity index (χ1) is 12.5. The average molecular weight is 376 g/mol. The van der Waals surface area contributed by atoms with Crippen LogP contribution in [0.5, 0.6) is 11.5 Å². The summed E-state index contributed by atoms with van der Waals surface area (Å²) in [4.78, 5) is 16.5. The number of unbranched alkanes of at least 4 members (excludes halogenated alkanes) is 2. The summed E-state index contributed by atoms with van der Waals surface area (Å²) in [6, 6.07) is 5.49. The van der Waals surface area contributed by atoms with Crippen LogP contribution in [0, 0.1) is 6.92 Å². The lowest BCUT2D eigenvalue weighted by atomic mass is 10.2. The highest BCUT2D eigenvalue weighted by atomic mass is 32.1. The van der Waals surface area contributed by atoms with Crippen molar-refractivity contribution in [2.24, 2.45) is 5.10 Å². The Balaban J connectivity index is 1.97. The molecule has 0 atom stereocenters. The third-order valence-corrected chi connectivity index (χ3v) is 4.58. The summed E-state index contributed by atoms with van der Waals surface area (Å²) in [5.74, 6) is 0.985. The summed E-state index contributed by atoms with van der Waals surface area (Å²) in [5.41, 5.74) is 9.44. The second-order valence-corrected chi connectivity index (χ2v) is 6.66. The number of anilines is 1. The summed E-state index contributed by atoms with van der Waals surface area (Å²) >= 11 is 1.13. The summed E-state index contributed by atoms with van der Waals surface area (Å²) in [6.07, 6.45) is 4.84. The molecule has 0 aliphatic carbocycles. The zero-order chi connectivity index (χ0) is 18.9. The summed E-state index contributed by atoms with van der Waals surface area (Å²) < 4.78 is 11.1. The van der Waals surface area contributed by atoms with Gasteiger partial charge in [0.15, 0.2) is 16.6 Å². The number of thiazole rings is 1. The van der Waals surface area contributed by atoms with E-state index in [2.05, 4.69) is 22.4 Å². The molecule has 26 heavy (non-hydrogen) atoms. The van der Waals surface area contributed by atoms with E-state index in [1.165, 1.54) is 0 Å². The van der Waals surface area contributed by atoms with Gasteiger partial charge < -0.3 is 15.2 Å². The Hall–Kier alpha value is -2.61. The van der Waals surface area contributed by atoms with E-state index in [0.717, 1.165) is 36.2 Å². The molecule has 7 nitrogen and oxygen atoms in total. The van der Waals surface area contributed by atoms with Crippen molar-refractivity contribution in [3.8, 4) is 11.5 Å². The lowest BCUT2D eigenvalue weighted by molar-refractivity contribution is 0.0958. The van der Waals surface area contributed by atoms with Gasteiger partial charge in [-0.3, -0.25) is 4.79 Å². The van der Waals surface area contributed by atoms with Crippen LogP contribution in [0.15, 0.2) is 23.3 Å². The van der Waals surface area contributed by atoms with Crippen LogP contribution >= 0.6 is 11.3 Å². The van der Waals surface area contributed by atoms with Gasteiger partial charge in [-0.1, -0.05) is 31.1 Å². The fourth-order valence-corrected chi connectivity index (χ4v) is 2.99. The first kappa shape index (κ1) is 19.7. The van der Waals surface area contributed by atoms with Gasteiger partial charge in [0.2, 0.25) is 0 Å². The van der Waals surface area contributed by atoms with Crippen molar-refractivity contribution in [3.63, 3.8) is 0 Å². The van der Waals surface area contributed by atoms with E-state index in [1.807, 2.05) is 12.1 Å². The van der Waals surface area contributed by atoms with E-state index in [-0.39, 0.29) is 5.91 Å². The van der Waals surface area contributed by atoms with Crippen LogP contribution in [0.4, 0.5) is 5.13 Å². The first-order valence-corrected chi connectivity index (χ1v) is 9.24. The van der Waals surface area contributed by atoms with Crippen LogP contribution in [0.3, 0.4) is 0 Å². The number of nitrogens with one attached hydrogen (secondary N) is 1. The van der Waals surface area contributed by atoms with Gasteiger partial charge in [-0.2, -0.15) is 5.10 Å². The van der Waals surface area contributed by atoms with Crippen LogP contribution in [0.2, 0.25) is 0 Å². The third kappa shape index (κ3) is 5.45. The molecule has 0 aliphatic heterocycles. The first-order valence-electron chi connectivity index (χ1n) is 8.42. The van der Waals surface area contributed by atoms with Gasteiger partial charge >= 0.3 is 0 Å². The number of aryl methyl sites for hydroxylation is 1. The molecule has 1 amide bonds. The van der Waals surface area contributed by atoms with E-state index in [4.69, 9.17) is 15.2 Å². The molecule has 1 aromatic carbocycles. The second-order valence-electron chi connectivity index (χ2n) is 5.63. The van der Waals surface area contributed by atoms with E-state index in [1.54, 1.807) is 26.3 Å². The van der Waals surface area contributed by atoms with Crippen LogP contribution < -0.4 is 20.6 Å². The monoisotopic (exact) mass is 376 g/mol. The number of hydrogen-bond donors (Lipinski definition) is 2. The number of nitrogens with zero attached hydrogens (tertiary/aromatic N) is 2. The maximum absolute atomic E-state index is 12.1. The Morgan fingerprint density at radius 3 is 2.85 bits per heavy atom. The van der Waals surface area contributed by atoms with Gasteiger partial charge in [0.25, 0.3) is 5.91 Å². The van der Waals surface area contributed by atoms with Gasteiger partial charge in [0.1, 0.15) is 4.88 Å². The van der Waals surface area contributed by atoms with Crippen molar-refractivity contribution in [1.29, 1.82) is 0 Å². The highest BCUT2D eigenvalue weighted by Gasteiger charge is 2.13. The van der Waals surface area contributed by atoms with E-state index in [9.17, 15) is 4.79 Å². The maximum Gasteiger partial charge on any atom is 0.283 e. The zero-order valence-electron chi connectivity index (χ0n) is 15.2. The smallest absolute Gasteiger partial charge is 0.283 e. The molecule has 3 N–H and O–H groups in total. The SMILES string of the molecule is CCCCCOc1ccc(/C=N\NC(=O)c2sc(N)nc2C)cc1OC. The number of ether oxygens (including phenoxy) is 2. The molecule has 0 bridgehead atoms. The van der Waals surface area contributed by atoms with E-state index < -0.39 is 0 Å². The molecule has 0 saturated carbocycles. The lowest BCUT2D eigenvalue weighted by Gasteiger charge is -2.11. The Morgan fingerprint density at radius 2 is 2.19 bits per heavy atom. The van der Waals surface area contributed by atoms with Crippen LogP contribution in [-0.2, 0) is 0 Å². The van der Waals surface area contributed by atoms with Crippen molar-refractivity contribution >= 4 is 28.6 Å². The van der Waals surface area contributed by atoms with Gasteiger partial charge in [-0.15, -0.1) is 0 Å². The minimum atomic E-state index is -0.337. The summed E-state index contributed by atoms with van der Waals surface area (Å²) in [7, 11) is 1.59. The number of benzene rings is 1. The fourth-order valence-electron chi connectivity index (χ4n) is 2.26. The van der Waals surface area contributed by atoms with E-state index in [0.29, 0.717) is 33.8 Å². The zero-order valence-corrected chi connectivity index (χ0v) is 16.1. The second kappa shape index (κ2) is 9.76. The fraction of sp³-hybridized carbons (Fsp3) is 0.389. The Morgan fingerprint density at radius 1 is 1.38 bits per heavy atom. The van der Waals surface area contributed by atoms with Crippen LogP contribution in [0.1, 0.15) is 47.1 Å². The number of carbonyl (C=O) groups is 1. The van der Waals surface area contributed by atoms with Crippen molar-refractivity contribution < 1.29 is 14.3 Å². The van der Waals surface area contributed by atoms with Gasteiger partial charge in [-0.25, -0.2) is 10.4 Å². The number of rotatable bonds is 9. The Bertz CT molecular complexity index is 774. The number of hydrogen-bond acceptors (Lipinski definition) is 7. The summed E-state index contributed by atoms with van der Waals surface area (Å²) in [5, 5.41) is 4.33. The quantitative estimate of drug-likeness (QED) is 0.397. The number of nitrogen functional groups attached to an aromatic ring is 1. The van der Waals surface area contributed by atoms with E-state index >= 15 is 0 Å². The molecule has 140 valence electrons. The topological polar surface area (TPSA) is 98.8 Å². The van der Waals surface area contributed by atoms with Crippen LogP contribution in [-0.4, -0.2) is 30.8 Å². The molecule has 1 heterocycles. The van der Waals surface area contributed by atoms with Gasteiger partial charge in [0, 0.05) is 0 Å². The normalized spacial score (nSPS) is 10.9. The standard InChI is InChI=1S/C18H24N4O3S/c1-4-5-6-9-25-14-8-7-13(10-15(14)24-3)11-20-22-17(23)16-12(2)21-18(19)26-16/h7-8,10-11H,4-6,9H2,1-3H3,(H2,19,21)(H,22,23)/b20-11-. The number of nitrogens with two attached hydrogens (primary N) is 1. The minimum Gasteiger partial charge on any atom is -0.493 e. The van der Waals surface area contributed by atoms with Crippen molar-refractivity contribution in [3.05, 3.63) is 34.3 Å². The maximum atomic E-state index is 12.1. The number of methoxy groups -OCH3 is 1. The largest absolute Gasteiger partial charge is 0.493 e. The van der Waals surface area contributed by atoms with Crippen LogP contribution in [0.25, 0.3) is 0 Å². The third-order valence-electron chi connectivity index (χ3n) is 3.59. The number of aromatic nitrogens is 1. The van der Waals surface area contributed by atoms with Crippen molar-refractivity contribution in [2.45, 2.75) is 33.1 Å². The molecule has 0 unspecified atom stereocenters. The molecule has 0 radical (unpaired) electrons. The molecule has 2 rings (SSSR count). The predicted octanol–water partition coefficient (Wildman–Crippen LogP) is 3.38. The number of carbonyl (C=O) groups excluding carboxylic acids is 1. The Labute approximate surface area is 157 Å². The van der Waals surface area contributed by atoms with Crippen molar-refractivity contribution in [1.82, 2.24) is 10.4 Å². The molecular weight excluding hydrogens is 352 g/mol. The molecule has 2 aromatic rings. The molecule has 0 aliphatic rings. The van der Waals surface area contributed by atoms with Gasteiger partial charge in [-0.05, 0) is 37.1 Å². The molecule has 1 aromatic heterocycles. The molecule has 0 fully saturated rings. The number of amides is 1. The molecule has 8 heteroatoms. The summed E-state index contributed by atoms with van der Waals surface area (Å²) in [6.45, 7) is 4.54. The molecular formula is C18H24N4O3S. The Kier molecular flexibility index (Phi) is 7.40. The average Bonchev–Trinajstić information content (AvgIpc) is 2.97. The minimum absolute atomic E-state index is 0.337. The van der Waals surface area contributed by atoms with Gasteiger partial charge in [0.05, 0.1) is 25.6 Å². The number of hydrazone groups is 1. The molecule has 0 saturated heterocycles. The van der Waals surface area contributed by atoms with Crippen molar-refractivity contribution in [2.75, 3.05) is 19.5 Å². The molecule has 0 spiro atoms. The highest BCUT2D eigenvalue weighted by molar-refractivity contribution is 7.17. The lowest BCUT2D eigenvalue weighted by Crippen LogP contribution is -2.17. The predicted molar refractivity (Wildman–Crippen MR) is 104 cm³/mol. The highest BCUT2D eigenvalue weighted by Crippen LogP contribution is 2.27.